The van der Waals surface area contributed by atoms with E-state index in [-0.39, 0.29) is 22.5 Å². The molecule has 0 aromatic heterocycles. The quantitative estimate of drug-likeness (QED) is 0.628. The van der Waals surface area contributed by atoms with Crippen LogP contribution in [0.3, 0.4) is 0 Å². The number of rotatable bonds is 5. The van der Waals surface area contributed by atoms with Crippen LogP contribution in [0.15, 0.2) is 23.8 Å². The topological polar surface area (TPSA) is 57.5 Å². The minimum atomic E-state index is -0.715. The smallest absolute Gasteiger partial charge is 0.178 e. The van der Waals surface area contributed by atoms with Gasteiger partial charge in [-0.2, -0.15) is 0 Å². The molecule has 0 radical (unpaired) electrons. The van der Waals surface area contributed by atoms with Gasteiger partial charge < -0.3 is 10.2 Å². The van der Waals surface area contributed by atoms with Crippen LogP contribution in [0, 0.1) is 40.4 Å². The van der Waals surface area contributed by atoms with Gasteiger partial charge in [0, 0.05) is 10.8 Å². The molecule has 3 fully saturated rings. The highest BCUT2D eigenvalue weighted by Crippen LogP contribution is 2.67. The van der Waals surface area contributed by atoms with E-state index in [4.69, 9.17) is 0 Å². The Kier molecular flexibility index (Phi) is 5.63. The van der Waals surface area contributed by atoms with Crippen LogP contribution in [0.2, 0.25) is 0 Å². The second-order valence-corrected chi connectivity index (χ2v) is 12.0. The fourth-order valence-electron chi connectivity index (χ4n) is 8.21. The number of aliphatic hydroxyl groups excluding tert-OH is 1. The zero-order chi connectivity index (χ0) is 21.9. The molecule has 3 saturated carbocycles. The van der Waals surface area contributed by atoms with E-state index in [0.29, 0.717) is 23.7 Å². The van der Waals surface area contributed by atoms with Crippen LogP contribution in [0.4, 0.5) is 0 Å². The highest BCUT2D eigenvalue weighted by atomic mass is 16.3. The summed E-state index contributed by atoms with van der Waals surface area (Å²) in [7, 11) is 0. The fraction of sp³-hybridized carbons (Fsp3) is 0.815. The summed E-state index contributed by atoms with van der Waals surface area (Å²) < 4.78 is 0. The second kappa shape index (κ2) is 7.59. The maximum Gasteiger partial charge on any atom is 0.178 e. The van der Waals surface area contributed by atoms with E-state index >= 15 is 0 Å². The number of hydrogen-bond acceptors (Lipinski definition) is 3. The second-order valence-electron chi connectivity index (χ2n) is 12.0. The SMILES string of the molecule is CC(C)CCCC(C)(O)C1CCC2C3CCC4=CC(=O)C=CC4(C)C3CC(O)C21C. The molecule has 8 unspecified atom stereocenters. The summed E-state index contributed by atoms with van der Waals surface area (Å²) in [5, 5.41) is 23.1. The lowest BCUT2D eigenvalue weighted by Crippen LogP contribution is -2.58. The van der Waals surface area contributed by atoms with Crippen molar-refractivity contribution < 1.29 is 15.0 Å². The van der Waals surface area contributed by atoms with Gasteiger partial charge in [0.25, 0.3) is 0 Å². The van der Waals surface area contributed by atoms with Gasteiger partial charge >= 0.3 is 0 Å². The first-order valence-corrected chi connectivity index (χ1v) is 12.3. The Morgan fingerprint density at radius 2 is 1.93 bits per heavy atom. The van der Waals surface area contributed by atoms with Gasteiger partial charge in [-0.05, 0) is 87.2 Å². The van der Waals surface area contributed by atoms with E-state index in [9.17, 15) is 15.0 Å². The Balaban J connectivity index is 1.59. The molecule has 0 aromatic carbocycles. The van der Waals surface area contributed by atoms with Crippen LogP contribution in [0.5, 0.6) is 0 Å². The average Bonchev–Trinajstić information content (AvgIpc) is 3.02. The van der Waals surface area contributed by atoms with Crippen molar-refractivity contribution in [1.82, 2.24) is 0 Å². The van der Waals surface area contributed by atoms with Gasteiger partial charge in [0.1, 0.15) is 0 Å². The monoisotopic (exact) mass is 414 g/mol. The van der Waals surface area contributed by atoms with E-state index < -0.39 is 11.7 Å². The highest BCUT2D eigenvalue weighted by molar-refractivity contribution is 6.01. The van der Waals surface area contributed by atoms with Crippen LogP contribution >= 0.6 is 0 Å². The Morgan fingerprint density at radius 1 is 1.20 bits per heavy atom. The molecule has 3 nitrogen and oxygen atoms in total. The molecule has 0 aliphatic heterocycles. The summed E-state index contributed by atoms with van der Waals surface area (Å²) in [5.74, 6) is 2.34. The predicted octanol–water partition coefficient (Wildman–Crippen LogP) is 5.46. The van der Waals surface area contributed by atoms with Gasteiger partial charge in [-0.15, -0.1) is 0 Å². The molecule has 0 heterocycles. The van der Waals surface area contributed by atoms with Gasteiger partial charge in [-0.1, -0.05) is 52.2 Å². The lowest BCUT2D eigenvalue weighted by molar-refractivity contribution is -0.162. The average molecular weight is 415 g/mol. The summed E-state index contributed by atoms with van der Waals surface area (Å²) in [4.78, 5) is 12.0. The fourth-order valence-corrected chi connectivity index (χ4v) is 8.21. The molecule has 168 valence electrons. The van der Waals surface area contributed by atoms with Crippen molar-refractivity contribution in [2.45, 2.75) is 97.7 Å². The molecule has 4 aliphatic rings. The number of fused-ring (bicyclic) bond motifs is 5. The van der Waals surface area contributed by atoms with Crippen LogP contribution in [0.1, 0.15) is 86.0 Å². The lowest BCUT2D eigenvalue weighted by Gasteiger charge is -2.59. The Hall–Kier alpha value is -0.930. The molecule has 0 aromatic rings. The summed E-state index contributed by atoms with van der Waals surface area (Å²) >= 11 is 0. The van der Waals surface area contributed by atoms with Gasteiger partial charge in [0.05, 0.1) is 11.7 Å². The van der Waals surface area contributed by atoms with Crippen LogP contribution < -0.4 is 0 Å². The zero-order valence-electron chi connectivity index (χ0n) is 19.7. The molecule has 4 aliphatic carbocycles. The van der Waals surface area contributed by atoms with Crippen molar-refractivity contribution in [2.24, 2.45) is 40.4 Å². The summed E-state index contributed by atoms with van der Waals surface area (Å²) in [6.45, 7) is 11.1. The first-order valence-electron chi connectivity index (χ1n) is 12.3. The minimum absolute atomic E-state index is 0.100. The third-order valence-electron chi connectivity index (χ3n) is 9.88. The number of carbonyl (C=O) groups is 1. The molecule has 3 heteroatoms. The summed E-state index contributed by atoms with van der Waals surface area (Å²) in [6.07, 6.45) is 13.4. The number of carbonyl (C=O) groups excluding carboxylic acids is 1. The number of hydrogen-bond donors (Lipinski definition) is 2. The van der Waals surface area contributed by atoms with E-state index in [1.54, 1.807) is 6.08 Å². The maximum atomic E-state index is 12.0. The van der Waals surface area contributed by atoms with E-state index in [1.165, 1.54) is 5.57 Å². The third-order valence-corrected chi connectivity index (χ3v) is 9.88. The standard InChI is InChI=1S/C27H42O3/c1-17(2)7-6-13-26(4,30)23-11-10-21-20-9-8-18-15-19(28)12-14-25(18,3)22(20)16-24(29)27(21,23)5/h12,14-15,17,20-24,29-30H,6-11,13,16H2,1-5H3. The third kappa shape index (κ3) is 3.35. The van der Waals surface area contributed by atoms with Gasteiger partial charge in [0.15, 0.2) is 5.78 Å². The zero-order valence-corrected chi connectivity index (χ0v) is 19.7. The number of aliphatic hydroxyl groups is 2. The summed E-state index contributed by atoms with van der Waals surface area (Å²) in [5.41, 5.74) is 0.237. The van der Waals surface area contributed by atoms with Crippen molar-refractivity contribution in [1.29, 1.82) is 0 Å². The molecule has 30 heavy (non-hydrogen) atoms. The maximum absolute atomic E-state index is 12.0. The molecule has 0 bridgehead atoms. The first kappa shape index (κ1) is 22.3. The number of ketones is 1. The van der Waals surface area contributed by atoms with Gasteiger partial charge in [0.2, 0.25) is 0 Å². The molecule has 0 amide bonds. The van der Waals surface area contributed by atoms with Crippen LogP contribution in [-0.4, -0.2) is 27.7 Å². The van der Waals surface area contributed by atoms with E-state index in [2.05, 4.69) is 33.8 Å². The first-order chi connectivity index (χ1) is 14.0. The van der Waals surface area contributed by atoms with E-state index in [0.717, 1.165) is 51.4 Å². The van der Waals surface area contributed by atoms with Crippen molar-refractivity contribution in [2.75, 3.05) is 0 Å². The van der Waals surface area contributed by atoms with Crippen molar-refractivity contribution in [3.05, 3.63) is 23.8 Å². The largest absolute Gasteiger partial charge is 0.393 e. The van der Waals surface area contributed by atoms with Crippen molar-refractivity contribution in [3.63, 3.8) is 0 Å². The molecule has 0 spiro atoms. The molecule has 4 rings (SSSR count). The Bertz CT molecular complexity index is 747. The van der Waals surface area contributed by atoms with E-state index in [1.807, 2.05) is 13.0 Å². The van der Waals surface area contributed by atoms with Gasteiger partial charge in [-0.25, -0.2) is 0 Å². The molecular formula is C27H42O3. The van der Waals surface area contributed by atoms with Crippen LogP contribution in [0.25, 0.3) is 0 Å². The predicted molar refractivity (Wildman–Crippen MR) is 121 cm³/mol. The molecule has 0 saturated heterocycles. The summed E-state index contributed by atoms with van der Waals surface area (Å²) in [6, 6.07) is 0. The molecule has 8 atom stereocenters. The minimum Gasteiger partial charge on any atom is -0.393 e. The Morgan fingerprint density at radius 3 is 2.63 bits per heavy atom. The van der Waals surface area contributed by atoms with Crippen molar-refractivity contribution >= 4 is 5.78 Å². The lowest BCUT2D eigenvalue weighted by atomic mass is 9.46. The normalized spacial score (nSPS) is 44.9. The molecule has 2 N–H and O–H groups in total. The number of allylic oxidation sites excluding steroid dienone is 4. The Labute approximate surface area is 183 Å². The van der Waals surface area contributed by atoms with Crippen molar-refractivity contribution in [3.8, 4) is 0 Å². The highest BCUT2D eigenvalue weighted by Gasteiger charge is 2.64. The van der Waals surface area contributed by atoms with Crippen LogP contribution in [-0.2, 0) is 4.79 Å². The van der Waals surface area contributed by atoms with Gasteiger partial charge in [-0.3, -0.25) is 4.79 Å². The molecular weight excluding hydrogens is 372 g/mol.